The van der Waals surface area contributed by atoms with Crippen LogP contribution in [-0.4, -0.2) is 67.5 Å². The first-order chi connectivity index (χ1) is 15.4. The summed E-state index contributed by atoms with van der Waals surface area (Å²) in [5, 5.41) is 37.2. The highest BCUT2D eigenvalue weighted by Gasteiger charge is 2.15. The van der Waals surface area contributed by atoms with Crippen molar-refractivity contribution in [2.24, 2.45) is 0 Å². The largest absolute Gasteiger partial charge is 0.473 e. The molecule has 2 aromatic carbocycles. The lowest BCUT2D eigenvalue weighted by molar-refractivity contribution is -0.159. The zero-order valence-electron chi connectivity index (χ0n) is 17.0. The number of nitrogens with zero attached hydrogens (tertiary/aromatic N) is 3. The van der Waals surface area contributed by atoms with Crippen LogP contribution in [0.4, 0.5) is 0 Å². The van der Waals surface area contributed by atoms with Crippen molar-refractivity contribution in [1.29, 1.82) is 0 Å². The molecule has 170 valence electrons. The summed E-state index contributed by atoms with van der Waals surface area (Å²) in [6.07, 6.45) is 0.708. The summed E-state index contributed by atoms with van der Waals surface area (Å²) in [6.45, 7) is 1.54. The Kier molecular flexibility index (Phi) is 10.7. The van der Waals surface area contributed by atoms with E-state index in [2.05, 4.69) is 32.2 Å². The quantitative estimate of drug-likeness (QED) is 0.207. The van der Waals surface area contributed by atoms with E-state index < -0.39 is 11.9 Å². The second kappa shape index (κ2) is 13.5. The van der Waals surface area contributed by atoms with E-state index >= 15 is 0 Å². The molecule has 0 atom stereocenters. The van der Waals surface area contributed by atoms with E-state index in [-0.39, 0.29) is 6.61 Å². The van der Waals surface area contributed by atoms with Crippen LogP contribution in [0.15, 0.2) is 59.8 Å². The number of nitrogens with one attached hydrogen (secondary N) is 1. The Balaban J connectivity index is 0.000000534. The number of aromatic nitrogens is 3. The van der Waals surface area contributed by atoms with Gasteiger partial charge in [-0.25, -0.2) is 9.59 Å². The van der Waals surface area contributed by atoms with Crippen LogP contribution in [0, 0.1) is 0 Å². The molecule has 0 saturated carbocycles. The lowest BCUT2D eigenvalue weighted by Crippen LogP contribution is -2.20. The van der Waals surface area contributed by atoms with Crippen molar-refractivity contribution in [3.8, 4) is 5.69 Å². The molecule has 0 spiro atoms. The van der Waals surface area contributed by atoms with Gasteiger partial charge in [0.15, 0.2) is 5.16 Å². The molecule has 3 rings (SSSR count). The van der Waals surface area contributed by atoms with Crippen LogP contribution in [0.25, 0.3) is 5.69 Å². The third kappa shape index (κ3) is 8.31. The maximum absolute atomic E-state index is 9.10. The van der Waals surface area contributed by atoms with Gasteiger partial charge in [-0.15, -0.1) is 10.2 Å². The number of rotatable bonds is 9. The lowest BCUT2D eigenvalue weighted by atomic mass is 10.1. The summed E-state index contributed by atoms with van der Waals surface area (Å²) >= 11 is 7.68. The molecule has 1 heterocycles. The molecule has 0 bridgehead atoms. The zero-order chi connectivity index (χ0) is 23.3. The monoisotopic (exact) mass is 478 g/mol. The number of aliphatic carboxylic acids is 2. The first-order valence-corrected chi connectivity index (χ1v) is 10.9. The number of hydrogen-bond donors (Lipinski definition) is 4. The molecule has 1 aromatic heterocycles. The minimum Gasteiger partial charge on any atom is -0.473 e. The van der Waals surface area contributed by atoms with Gasteiger partial charge in [0.2, 0.25) is 0 Å². The Morgan fingerprint density at radius 3 is 2.22 bits per heavy atom. The number of carboxylic acid groups (broad SMARTS) is 2. The maximum Gasteiger partial charge on any atom is 0.414 e. The molecule has 0 amide bonds. The fraction of sp³-hybridized carbons (Fsp3) is 0.238. The van der Waals surface area contributed by atoms with E-state index in [0.717, 1.165) is 29.0 Å². The van der Waals surface area contributed by atoms with Crippen molar-refractivity contribution < 1.29 is 24.9 Å². The van der Waals surface area contributed by atoms with Crippen LogP contribution < -0.4 is 5.32 Å². The first kappa shape index (κ1) is 25.3. The number of thioether (sulfide) groups is 1. The fourth-order valence-corrected chi connectivity index (χ4v) is 3.55. The number of benzene rings is 2. The van der Waals surface area contributed by atoms with Gasteiger partial charge >= 0.3 is 11.9 Å². The first-order valence-electron chi connectivity index (χ1n) is 9.57. The Morgan fingerprint density at radius 2 is 1.62 bits per heavy atom. The average Bonchev–Trinajstić information content (AvgIpc) is 3.17. The summed E-state index contributed by atoms with van der Waals surface area (Å²) in [6, 6.07) is 18.0. The molecule has 0 aliphatic heterocycles. The molecular weight excluding hydrogens is 456 g/mol. The number of aliphatic hydroxyl groups is 1. The average molecular weight is 479 g/mol. The minimum atomic E-state index is -1.82. The normalized spacial score (nSPS) is 10.3. The van der Waals surface area contributed by atoms with Gasteiger partial charge in [-0.1, -0.05) is 53.7 Å². The summed E-state index contributed by atoms with van der Waals surface area (Å²) in [5.41, 5.74) is 2.19. The topological polar surface area (TPSA) is 138 Å². The van der Waals surface area contributed by atoms with E-state index in [0.29, 0.717) is 18.0 Å². The third-order valence-electron chi connectivity index (χ3n) is 3.97. The molecule has 9 nitrogen and oxygen atoms in total. The second-order valence-corrected chi connectivity index (χ2v) is 7.80. The number of aliphatic hydroxyl groups excluding tert-OH is 1. The third-order valence-corrected chi connectivity index (χ3v) is 5.15. The van der Waals surface area contributed by atoms with Crippen molar-refractivity contribution >= 4 is 35.3 Å². The van der Waals surface area contributed by atoms with Crippen LogP contribution in [0.2, 0.25) is 5.02 Å². The van der Waals surface area contributed by atoms with Gasteiger partial charge in [0.05, 0.1) is 6.61 Å². The molecular formula is C21H23ClN4O5S. The van der Waals surface area contributed by atoms with Crippen molar-refractivity contribution in [3.63, 3.8) is 0 Å². The number of carbonyl (C=O) groups is 2. The molecule has 32 heavy (non-hydrogen) atoms. The van der Waals surface area contributed by atoms with E-state index in [4.69, 9.17) is 36.5 Å². The van der Waals surface area contributed by atoms with E-state index in [9.17, 15) is 0 Å². The SMILES string of the molecule is O=C(O)C(=O)O.OCCNCCSc1nnc(Cc2ccccc2)n1-c1ccc(Cl)cc1. The highest BCUT2D eigenvalue weighted by molar-refractivity contribution is 7.99. The van der Waals surface area contributed by atoms with Crippen molar-refractivity contribution in [2.45, 2.75) is 11.6 Å². The van der Waals surface area contributed by atoms with Gasteiger partial charge in [-0.05, 0) is 29.8 Å². The molecule has 0 fully saturated rings. The predicted octanol–water partition coefficient (Wildman–Crippen LogP) is 2.34. The highest BCUT2D eigenvalue weighted by Crippen LogP contribution is 2.24. The van der Waals surface area contributed by atoms with Crippen molar-refractivity contribution in [1.82, 2.24) is 20.1 Å². The molecule has 3 aromatic rings. The van der Waals surface area contributed by atoms with Crippen LogP contribution in [-0.2, 0) is 16.0 Å². The molecule has 4 N–H and O–H groups in total. The van der Waals surface area contributed by atoms with Crippen LogP contribution in [0.5, 0.6) is 0 Å². The Labute approximate surface area is 194 Å². The van der Waals surface area contributed by atoms with E-state index in [1.165, 1.54) is 5.56 Å². The zero-order valence-corrected chi connectivity index (χ0v) is 18.6. The number of halogens is 1. The van der Waals surface area contributed by atoms with E-state index in [1.807, 2.05) is 42.5 Å². The fourth-order valence-electron chi connectivity index (χ4n) is 2.55. The highest BCUT2D eigenvalue weighted by atomic mass is 35.5. The van der Waals surface area contributed by atoms with Crippen LogP contribution >= 0.6 is 23.4 Å². The molecule has 11 heteroatoms. The minimum absolute atomic E-state index is 0.146. The standard InChI is InChI=1S/C19H21ClN4OS.C2H2O4/c20-16-6-8-17(9-7-16)24-18(14-15-4-2-1-3-5-15)22-23-19(24)26-13-11-21-10-12-25;3-1(4)2(5)6/h1-9,21,25H,10-14H2;(H,3,4)(H,5,6). The van der Waals surface area contributed by atoms with Gasteiger partial charge in [0, 0.05) is 36.0 Å². The number of carboxylic acids is 2. The van der Waals surface area contributed by atoms with Gasteiger partial charge in [-0.3, -0.25) is 4.57 Å². The maximum atomic E-state index is 9.10. The van der Waals surface area contributed by atoms with Crippen LogP contribution in [0.1, 0.15) is 11.4 Å². The predicted molar refractivity (Wildman–Crippen MR) is 122 cm³/mol. The molecule has 0 unspecified atom stereocenters. The Morgan fingerprint density at radius 1 is 0.969 bits per heavy atom. The Hall–Kier alpha value is -2.92. The summed E-state index contributed by atoms with van der Waals surface area (Å²) < 4.78 is 2.08. The lowest BCUT2D eigenvalue weighted by Gasteiger charge is -2.11. The van der Waals surface area contributed by atoms with Crippen molar-refractivity contribution in [3.05, 3.63) is 71.0 Å². The van der Waals surface area contributed by atoms with E-state index in [1.54, 1.807) is 11.8 Å². The van der Waals surface area contributed by atoms with Gasteiger partial charge in [0.25, 0.3) is 0 Å². The Bertz CT molecular complexity index is 987. The second-order valence-electron chi connectivity index (χ2n) is 6.31. The number of hydrogen-bond acceptors (Lipinski definition) is 7. The molecule has 0 aliphatic carbocycles. The molecule has 0 radical (unpaired) electrons. The van der Waals surface area contributed by atoms with Crippen molar-refractivity contribution in [2.75, 3.05) is 25.4 Å². The van der Waals surface area contributed by atoms with Gasteiger partial charge in [-0.2, -0.15) is 0 Å². The summed E-state index contributed by atoms with van der Waals surface area (Å²) in [5.74, 6) is -1.91. The molecule has 0 aliphatic rings. The van der Waals surface area contributed by atoms with Gasteiger partial charge in [0.1, 0.15) is 5.82 Å². The smallest absolute Gasteiger partial charge is 0.414 e. The summed E-state index contributed by atoms with van der Waals surface area (Å²) in [4.78, 5) is 18.2. The molecule has 0 saturated heterocycles. The van der Waals surface area contributed by atoms with Gasteiger partial charge < -0.3 is 20.6 Å². The summed E-state index contributed by atoms with van der Waals surface area (Å²) in [7, 11) is 0. The van der Waals surface area contributed by atoms with Crippen LogP contribution in [0.3, 0.4) is 0 Å².